The van der Waals surface area contributed by atoms with Gasteiger partial charge in [-0.1, -0.05) is 0 Å². The van der Waals surface area contributed by atoms with E-state index in [-0.39, 0.29) is 29.5 Å². The third-order valence-corrected chi connectivity index (χ3v) is 6.18. The van der Waals surface area contributed by atoms with Crippen LogP contribution in [0.2, 0.25) is 0 Å². The fourth-order valence-electron chi connectivity index (χ4n) is 3.08. The average molecular weight is 456 g/mol. The predicted molar refractivity (Wildman–Crippen MR) is 111 cm³/mol. The van der Waals surface area contributed by atoms with Crippen LogP contribution in [-0.4, -0.2) is 73.3 Å². The van der Waals surface area contributed by atoms with Gasteiger partial charge < -0.3 is 15.4 Å². The molecule has 0 spiro atoms. The molecule has 7 heteroatoms. The third kappa shape index (κ3) is 6.59. The first-order chi connectivity index (χ1) is 10.5. The lowest BCUT2D eigenvalue weighted by atomic mass is 10.0. The monoisotopic (exact) mass is 456 g/mol. The largest absolute Gasteiger partial charge is 0.378 e. The van der Waals surface area contributed by atoms with Crippen molar-refractivity contribution in [3.05, 3.63) is 0 Å². The average Bonchev–Trinajstić information content (AvgIpc) is 2.91. The van der Waals surface area contributed by atoms with Crippen LogP contribution >= 0.6 is 35.7 Å². The topological polar surface area (TPSA) is 48.9 Å². The molecule has 2 rings (SSSR count). The molecule has 2 aliphatic heterocycles. The van der Waals surface area contributed by atoms with Crippen molar-refractivity contribution in [1.29, 1.82) is 0 Å². The van der Waals surface area contributed by atoms with E-state index in [1.165, 1.54) is 18.6 Å². The molecule has 0 aliphatic carbocycles. The Morgan fingerprint density at radius 3 is 2.70 bits per heavy atom. The second-order valence-electron chi connectivity index (χ2n) is 7.11. The Bertz CT molecular complexity index is 386. The second-order valence-corrected chi connectivity index (χ2v) is 8.79. The minimum atomic E-state index is 0. The highest BCUT2D eigenvalue weighted by Gasteiger charge is 2.30. The van der Waals surface area contributed by atoms with Gasteiger partial charge >= 0.3 is 0 Å². The first-order valence-electron chi connectivity index (χ1n) is 8.36. The molecule has 23 heavy (non-hydrogen) atoms. The van der Waals surface area contributed by atoms with Gasteiger partial charge in [0.25, 0.3) is 0 Å². The van der Waals surface area contributed by atoms with E-state index in [9.17, 15) is 0 Å². The van der Waals surface area contributed by atoms with Gasteiger partial charge in [-0.3, -0.25) is 9.89 Å². The van der Waals surface area contributed by atoms with Crippen molar-refractivity contribution < 1.29 is 4.74 Å². The molecule has 1 unspecified atom stereocenters. The van der Waals surface area contributed by atoms with Gasteiger partial charge in [0.1, 0.15) is 0 Å². The quantitative estimate of drug-likeness (QED) is 0.377. The molecular weight excluding hydrogens is 423 g/mol. The summed E-state index contributed by atoms with van der Waals surface area (Å²) in [5.74, 6) is 2.20. The molecule has 0 radical (unpaired) electrons. The predicted octanol–water partition coefficient (Wildman–Crippen LogP) is 2.17. The molecule has 2 saturated heterocycles. The van der Waals surface area contributed by atoms with Crippen LogP contribution in [0.25, 0.3) is 0 Å². The SMILES string of the molecule is CN=C(NCCN1CCOCC1(C)C)NCC1(C)CCCS1.I. The fourth-order valence-corrected chi connectivity index (χ4v) is 4.33. The Kier molecular flexibility index (Phi) is 8.97. The maximum Gasteiger partial charge on any atom is 0.191 e. The summed E-state index contributed by atoms with van der Waals surface area (Å²) in [6.45, 7) is 12.4. The molecule has 2 fully saturated rings. The van der Waals surface area contributed by atoms with Crippen LogP contribution in [0.3, 0.4) is 0 Å². The van der Waals surface area contributed by atoms with E-state index in [0.29, 0.717) is 4.75 Å². The third-order valence-electron chi connectivity index (χ3n) is 4.64. The number of thioether (sulfide) groups is 1. The highest BCUT2D eigenvalue weighted by molar-refractivity contribution is 14.0. The molecule has 136 valence electrons. The van der Waals surface area contributed by atoms with Gasteiger partial charge in [0.05, 0.1) is 13.2 Å². The van der Waals surface area contributed by atoms with Gasteiger partial charge in [0.15, 0.2) is 5.96 Å². The van der Waals surface area contributed by atoms with Crippen molar-refractivity contribution in [3.63, 3.8) is 0 Å². The van der Waals surface area contributed by atoms with E-state index in [1.807, 2.05) is 7.05 Å². The molecule has 0 amide bonds. The molecule has 5 nitrogen and oxygen atoms in total. The van der Waals surface area contributed by atoms with Crippen LogP contribution in [0.1, 0.15) is 33.6 Å². The number of hydrogen-bond donors (Lipinski definition) is 2. The fraction of sp³-hybridized carbons (Fsp3) is 0.938. The first kappa shape index (κ1) is 21.3. The number of aliphatic imine (C=N–C) groups is 1. The van der Waals surface area contributed by atoms with Crippen LogP contribution < -0.4 is 10.6 Å². The zero-order valence-electron chi connectivity index (χ0n) is 15.0. The summed E-state index contributed by atoms with van der Waals surface area (Å²) in [5, 5.41) is 6.93. The van der Waals surface area contributed by atoms with Crippen molar-refractivity contribution >= 4 is 41.7 Å². The lowest BCUT2D eigenvalue weighted by molar-refractivity contribution is -0.0496. The molecule has 0 bridgehead atoms. The normalized spacial score (nSPS) is 28.3. The highest BCUT2D eigenvalue weighted by Crippen LogP contribution is 2.36. The smallest absolute Gasteiger partial charge is 0.191 e. The van der Waals surface area contributed by atoms with Crippen LogP contribution in [0.4, 0.5) is 0 Å². The molecule has 0 saturated carbocycles. The Morgan fingerprint density at radius 1 is 1.30 bits per heavy atom. The molecule has 2 N–H and O–H groups in total. The Balaban J connectivity index is 0.00000264. The van der Waals surface area contributed by atoms with E-state index in [0.717, 1.165) is 45.4 Å². The van der Waals surface area contributed by atoms with Gasteiger partial charge in [-0.15, -0.1) is 24.0 Å². The number of morpholine rings is 1. The van der Waals surface area contributed by atoms with E-state index in [2.05, 4.69) is 53.1 Å². The number of hydrogen-bond acceptors (Lipinski definition) is 4. The number of rotatable bonds is 5. The zero-order chi connectivity index (χ0) is 16.1. The second kappa shape index (κ2) is 9.68. The van der Waals surface area contributed by atoms with Crippen molar-refractivity contribution in [2.45, 2.75) is 43.9 Å². The maximum atomic E-state index is 5.57. The van der Waals surface area contributed by atoms with E-state index in [1.54, 1.807) is 0 Å². The molecular formula is C16H33IN4OS. The lowest BCUT2D eigenvalue weighted by Gasteiger charge is -2.42. The van der Waals surface area contributed by atoms with E-state index >= 15 is 0 Å². The number of halogens is 1. The van der Waals surface area contributed by atoms with E-state index < -0.39 is 0 Å². The van der Waals surface area contributed by atoms with Gasteiger partial charge in [0, 0.05) is 43.5 Å². The lowest BCUT2D eigenvalue weighted by Crippen LogP contribution is -2.55. The standard InChI is InChI=1S/C16H32N4OS.HI/c1-15(2)13-21-10-9-20(15)8-7-18-14(17-4)19-12-16(3)6-5-11-22-16;/h5-13H2,1-4H3,(H2,17,18,19);1H. The van der Waals surface area contributed by atoms with Gasteiger partial charge in [0.2, 0.25) is 0 Å². The summed E-state index contributed by atoms with van der Waals surface area (Å²) in [7, 11) is 1.85. The zero-order valence-corrected chi connectivity index (χ0v) is 18.1. The number of nitrogens with one attached hydrogen (secondary N) is 2. The van der Waals surface area contributed by atoms with Crippen molar-refractivity contribution in [2.24, 2.45) is 4.99 Å². The minimum Gasteiger partial charge on any atom is -0.378 e. The Hall–Kier alpha value is 0.270. The first-order valence-corrected chi connectivity index (χ1v) is 9.35. The summed E-state index contributed by atoms with van der Waals surface area (Å²) >= 11 is 2.08. The van der Waals surface area contributed by atoms with Crippen LogP contribution in [0.5, 0.6) is 0 Å². The maximum absolute atomic E-state index is 5.57. The van der Waals surface area contributed by atoms with Crippen LogP contribution in [-0.2, 0) is 4.74 Å². The summed E-state index contributed by atoms with van der Waals surface area (Å²) in [6.07, 6.45) is 2.63. The highest BCUT2D eigenvalue weighted by atomic mass is 127. The Labute approximate surface area is 162 Å². The molecule has 1 atom stereocenters. The van der Waals surface area contributed by atoms with Crippen molar-refractivity contribution in [1.82, 2.24) is 15.5 Å². The summed E-state index contributed by atoms with van der Waals surface area (Å²) in [5.41, 5.74) is 0.130. The number of ether oxygens (including phenoxy) is 1. The van der Waals surface area contributed by atoms with Crippen molar-refractivity contribution in [2.75, 3.05) is 52.2 Å². The van der Waals surface area contributed by atoms with E-state index in [4.69, 9.17) is 4.74 Å². The van der Waals surface area contributed by atoms with Gasteiger partial charge in [-0.25, -0.2) is 0 Å². The number of guanidine groups is 1. The molecule has 2 heterocycles. The molecule has 0 aromatic rings. The summed E-state index contributed by atoms with van der Waals surface area (Å²) in [6, 6.07) is 0. The van der Waals surface area contributed by atoms with Crippen molar-refractivity contribution in [3.8, 4) is 0 Å². The van der Waals surface area contributed by atoms with Crippen LogP contribution in [0, 0.1) is 0 Å². The van der Waals surface area contributed by atoms with Gasteiger partial charge in [-0.05, 0) is 39.4 Å². The minimum absolute atomic E-state index is 0. The molecule has 0 aromatic heterocycles. The molecule has 2 aliphatic rings. The van der Waals surface area contributed by atoms with Gasteiger partial charge in [-0.2, -0.15) is 11.8 Å². The number of nitrogens with zero attached hydrogens (tertiary/aromatic N) is 2. The summed E-state index contributed by atoms with van der Waals surface area (Å²) < 4.78 is 5.93. The molecule has 0 aromatic carbocycles. The van der Waals surface area contributed by atoms with Crippen LogP contribution in [0.15, 0.2) is 4.99 Å². The Morgan fingerprint density at radius 2 is 2.09 bits per heavy atom. The summed E-state index contributed by atoms with van der Waals surface area (Å²) in [4.78, 5) is 6.83.